The molecule has 1 fully saturated rings. The summed E-state index contributed by atoms with van der Waals surface area (Å²) in [5.74, 6) is -0.543. The molecular weight excluding hydrogens is 221 g/mol. The van der Waals surface area contributed by atoms with Crippen LogP contribution < -0.4 is 5.32 Å². The summed E-state index contributed by atoms with van der Waals surface area (Å²) in [7, 11) is 1.90. The lowest BCUT2D eigenvalue weighted by Crippen LogP contribution is -2.47. The van der Waals surface area contributed by atoms with E-state index in [1.54, 1.807) is 4.90 Å². The van der Waals surface area contributed by atoms with Crippen LogP contribution in [0.1, 0.15) is 23.3 Å². The number of nitrogens with one attached hydrogen (secondary N) is 1. The molecule has 2 rings (SSSR count). The van der Waals surface area contributed by atoms with Gasteiger partial charge in [0.15, 0.2) is 0 Å². The number of halogens is 1. The van der Waals surface area contributed by atoms with E-state index >= 15 is 0 Å². The van der Waals surface area contributed by atoms with Crippen LogP contribution in [0.25, 0.3) is 0 Å². The van der Waals surface area contributed by atoms with Gasteiger partial charge in [0.2, 0.25) is 0 Å². The van der Waals surface area contributed by atoms with E-state index in [4.69, 9.17) is 0 Å². The topological polar surface area (TPSA) is 45.2 Å². The van der Waals surface area contributed by atoms with E-state index < -0.39 is 5.82 Å². The van der Waals surface area contributed by atoms with Crippen LogP contribution in [0.15, 0.2) is 18.3 Å². The molecule has 4 nitrogen and oxygen atoms in total. The average Bonchev–Trinajstić information content (AvgIpc) is 2.39. The van der Waals surface area contributed by atoms with E-state index in [1.165, 1.54) is 12.1 Å². The van der Waals surface area contributed by atoms with Gasteiger partial charge in [0.05, 0.1) is 6.20 Å². The molecule has 0 bridgehead atoms. The first kappa shape index (κ1) is 12.0. The number of carbonyl (C=O) groups is 1. The van der Waals surface area contributed by atoms with E-state index in [0.717, 1.165) is 25.6 Å². The van der Waals surface area contributed by atoms with Crippen LogP contribution in [-0.2, 0) is 0 Å². The lowest BCUT2D eigenvalue weighted by atomic mass is 10.1. The van der Waals surface area contributed by atoms with Crippen LogP contribution in [0, 0.1) is 5.82 Å². The molecule has 0 spiro atoms. The molecule has 1 N–H and O–H groups in total. The number of likely N-dealkylation sites (N-methyl/N-ethyl adjacent to an activating group) is 1. The smallest absolute Gasteiger partial charge is 0.272 e. The Morgan fingerprint density at radius 3 is 3.06 bits per heavy atom. The Morgan fingerprint density at radius 2 is 2.41 bits per heavy atom. The molecule has 1 aliphatic rings. The Morgan fingerprint density at radius 1 is 1.59 bits per heavy atom. The lowest BCUT2D eigenvalue weighted by molar-refractivity contribution is 0.0692. The Hall–Kier alpha value is -1.49. The SMILES string of the molecule is CNC1CCCN(C(=O)c2ccc(F)cn2)C1. The van der Waals surface area contributed by atoms with Gasteiger partial charge in [-0.15, -0.1) is 0 Å². The van der Waals surface area contributed by atoms with Crippen LogP contribution in [0.3, 0.4) is 0 Å². The molecule has 1 saturated heterocycles. The van der Waals surface area contributed by atoms with E-state index in [2.05, 4.69) is 10.3 Å². The van der Waals surface area contributed by atoms with Crippen molar-refractivity contribution in [3.63, 3.8) is 0 Å². The summed E-state index contributed by atoms with van der Waals surface area (Å²) < 4.78 is 12.7. The minimum absolute atomic E-state index is 0.120. The summed E-state index contributed by atoms with van der Waals surface area (Å²) in [4.78, 5) is 17.7. The number of nitrogens with zero attached hydrogens (tertiary/aromatic N) is 2. The van der Waals surface area contributed by atoms with Crippen molar-refractivity contribution in [3.8, 4) is 0 Å². The standard InChI is InChI=1S/C12H16FN3O/c1-14-10-3-2-6-16(8-10)12(17)11-5-4-9(13)7-15-11/h4-5,7,10,14H,2-3,6,8H2,1H3. The third-order valence-corrected chi connectivity index (χ3v) is 3.06. The van der Waals surface area contributed by atoms with E-state index in [-0.39, 0.29) is 5.91 Å². The van der Waals surface area contributed by atoms with Crippen molar-refractivity contribution in [2.24, 2.45) is 0 Å². The summed E-state index contributed by atoms with van der Waals surface area (Å²) in [5, 5.41) is 3.18. The fraction of sp³-hybridized carbons (Fsp3) is 0.500. The molecule has 1 unspecified atom stereocenters. The molecule has 0 aromatic carbocycles. The van der Waals surface area contributed by atoms with Crippen LogP contribution >= 0.6 is 0 Å². The molecule has 17 heavy (non-hydrogen) atoms. The van der Waals surface area contributed by atoms with E-state index in [9.17, 15) is 9.18 Å². The minimum Gasteiger partial charge on any atom is -0.336 e. The number of aromatic nitrogens is 1. The lowest BCUT2D eigenvalue weighted by Gasteiger charge is -2.32. The van der Waals surface area contributed by atoms with Crippen molar-refractivity contribution >= 4 is 5.91 Å². The predicted octanol–water partition coefficient (Wildman–Crippen LogP) is 1.04. The second kappa shape index (κ2) is 5.23. The number of likely N-dealkylation sites (tertiary alicyclic amines) is 1. The highest BCUT2D eigenvalue weighted by Gasteiger charge is 2.24. The number of rotatable bonds is 2. The molecular formula is C12H16FN3O. The van der Waals surface area contributed by atoms with Crippen molar-refractivity contribution in [2.75, 3.05) is 20.1 Å². The summed E-state index contributed by atoms with van der Waals surface area (Å²) >= 11 is 0. The molecule has 2 heterocycles. The van der Waals surface area contributed by atoms with Crippen LogP contribution in [-0.4, -0.2) is 42.0 Å². The van der Waals surface area contributed by atoms with Crippen molar-refractivity contribution in [1.29, 1.82) is 0 Å². The Labute approximate surface area is 99.8 Å². The number of hydrogen-bond acceptors (Lipinski definition) is 3. The summed E-state index contributed by atoms with van der Waals surface area (Å²) in [6, 6.07) is 3.04. The second-order valence-electron chi connectivity index (χ2n) is 4.24. The molecule has 1 aromatic rings. The maximum absolute atomic E-state index is 12.7. The van der Waals surface area contributed by atoms with Gasteiger partial charge in [0, 0.05) is 19.1 Å². The first-order chi connectivity index (χ1) is 8.20. The van der Waals surface area contributed by atoms with Gasteiger partial charge in [-0.25, -0.2) is 9.37 Å². The van der Waals surface area contributed by atoms with Gasteiger partial charge in [-0.2, -0.15) is 0 Å². The largest absolute Gasteiger partial charge is 0.336 e. The molecule has 1 aromatic heterocycles. The van der Waals surface area contributed by atoms with Crippen molar-refractivity contribution in [3.05, 3.63) is 29.8 Å². The highest BCUT2D eigenvalue weighted by Crippen LogP contribution is 2.12. The summed E-state index contributed by atoms with van der Waals surface area (Å²) in [6.07, 6.45) is 3.14. The first-order valence-electron chi connectivity index (χ1n) is 5.79. The zero-order valence-corrected chi connectivity index (χ0v) is 9.82. The fourth-order valence-electron chi connectivity index (χ4n) is 2.06. The molecule has 0 radical (unpaired) electrons. The van der Waals surface area contributed by atoms with E-state index in [1.807, 2.05) is 7.05 Å². The third-order valence-electron chi connectivity index (χ3n) is 3.06. The normalized spacial score (nSPS) is 20.4. The zero-order chi connectivity index (χ0) is 12.3. The summed E-state index contributed by atoms with van der Waals surface area (Å²) in [6.45, 7) is 1.43. The highest BCUT2D eigenvalue weighted by molar-refractivity contribution is 5.92. The zero-order valence-electron chi connectivity index (χ0n) is 9.82. The Kier molecular flexibility index (Phi) is 3.68. The molecule has 1 amide bonds. The van der Waals surface area contributed by atoms with Gasteiger partial charge >= 0.3 is 0 Å². The number of carbonyl (C=O) groups excluding carboxylic acids is 1. The molecule has 1 aliphatic heterocycles. The maximum atomic E-state index is 12.7. The van der Waals surface area contributed by atoms with Crippen molar-refractivity contribution in [2.45, 2.75) is 18.9 Å². The number of piperidine rings is 1. The van der Waals surface area contributed by atoms with Gasteiger partial charge in [0.1, 0.15) is 11.5 Å². The van der Waals surface area contributed by atoms with Gasteiger partial charge < -0.3 is 10.2 Å². The van der Waals surface area contributed by atoms with Gasteiger partial charge in [0.25, 0.3) is 5.91 Å². The Balaban J connectivity index is 2.06. The molecule has 1 atom stereocenters. The molecule has 0 saturated carbocycles. The minimum atomic E-state index is -0.423. The number of pyridine rings is 1. The first-order valence-corrected chi connectivity index (χ1v) is 5.79. The van der Waals surface area contributed by atoms with Crippen LogP contribution in [0.2, 0.25) is 0 Å². The quantitative estimate of drug-likeness (QED) is 0.836. The second-order valence-corrected chi connectivity index (χ2v) is 4.24. The van der Waals surface area contributed by atoms with Crippen LogP contribution in [0.5, 0.6) is 0 Å². The van der Waals surface area contributed by atoms with Crippen molar-refractivity contribution in [1.82, 2.24) is 15.2 Å². The fourth-order valence-corrected chi connectivity index (χ4v) is 2.06. The number of hydrogen-bond donors (Lipinski definition) is 1. The molecule has 0 aliphatic carbocycles. The van der Waals surface area contributed by atoms with Crippen LogP contribution in [0.4, 0.5) is 4.39 Å². The Bertz CT molecular complexity index is 393. The third kappa shape index (κ3) is 2.79. The average molecular weight is 237 g/mol. The summed E-state index contributed by atoms with van der Waals surface area (Å²) in [5.41, 5.74) is 0.308. The van der Waals surface area contributed by atoms with E-state index in [0.29, 0.717) is 18.3 Å². The van der Waals surface area contributed by atoms with Crippen molar-refractivity contribution < 1.29 is 9.18 Å². The molecule has 92 valence electrons. The van der Waals surface area contributed by atoms with Gasteiger partial charge in [-0.1, -0.05) is 0 Å². The predicted molar refractivity (Wildman–Crippen MR) is 62.2 cm³/mol. The monoisotopic (exact) mass is 237 g/mol. The maximum Gasteiger partial charge on any atom is 0.272 e. The van der Waals surface area contributed by atoms with Gasteiger partial charge in [-0.3, -0.25) is 4.79 Å². The number of amides is 1. The molecule has 5 heteroatoms. The van der Waals surface area contributed by atoms with Gasteiger partial charge in [-0.05, 0) is 32.0 Å². The highest BCUT2D eigenvalue weighted by atomic mass is 19.1.